The van der Waals surface area contributed by atoms with Crippen LogP contribution < -0.4 is 5.32 Å². The zero-order valence-corrected chi connectivity index (χ0v) is 14.7. The van der Waals surface area contributed by atoms with E-state index >= 15 is 0 Å². The molecular formula is C19H24BrN. The number of halogens is 1. The first-order valence-electron chi connectivity index (χ1n) is 7.77. The molecule has 0 spiro atoms. The van der Waals surface area contributed by atoms with E-state index in [0.29, 0.717) is 6.04 Å². The summed E-state index contributed by atoms with van der Waals surface area (Å²) < 4.78 is 1.14. The van der Waals surface area contributed by atoms with Gasteiger partial charge in [0.1, 0.15) is 0 Å². The van der Waals surface area contributed by atoms with Crippen LogP contribution in [0.5, 0.6) is 0 Å². The Hall–Kier alpha value is -1.28. The molecule has 0 aliphatic carbocycles. The van der Waals surface area contributed by atoms with Crippen LogP contribution in [0.15, 0.2) is 46.9 Å². The average molecular weight is 346 g/mol. The summed E-state index contributed by atoms with van der Waals surface area (Å²) in [5.41, 5.74) is 5.33. The van der Waals surface area contributed by atoms with Gasteiger partial charge >= 0.3 is 0 Å². The molecule has 112 valence electrons. The van der Waals surface area contributed by atoms with Crippen molar-refractivity contribution in [2.75, 3.05) is 5.32 Å². The fourth-order valence-electron chi connectivity index (χ4n) is 2.57. The topological polar surface area (TPSA) is 12.0 Å². The second kappa shape index (κ2) is 7.65. The summed E-state index contributed by atoms with van der Waals surface area (Å²) in [6, 6.07) is 15.7. The van der Waals surface area contributed by atoms with Gasteiger partial charge in [-0.25, -0.2) is 0 Å². The van der Waals surface area contributed by atoms with E-state index < -0.39 is 0 Å². The SMILES string of the molecule is CCCc1ccc(C(C)Nc2ccc(Br)cc2CC)cc1. The lowest BCUT2D eigenvalue weighted by Crippen LogP contribution is -2.08. The minimum Gasteiger partial charge on any atom is -0.378 e. The molecule has 21 heavy (non-hydrogen) atoms. The summed E-state index contributed by atoms with van der Waals surface area (Å²) >= 11 is 3.54. The summed E-state index contributed by atoms with van der Waals surface area (Å²) in [5, 5.41) is 3.64. The molecule has 0 aromatic heterocycles. The maximum atomic E-state index is 3.64. The Morgan fingerprint density at radius 1 is 1.05 bits per heavy atom. The van der Waals surface area contributed by atoms with Crippen molar-refractivity contribution in [2.45, 2.75) is 46.1 Å². The molecule has 1 nitrogen and oxygen atoms in total. The van der Waals surface area contributed by atoms with E-state index in [2.05, 4.69) is 84.5 Å². The van der Waals surface area contributed by atoms with Crippen LogP contribution in [0.4, 0.5) is 5.69 Å². The Kier molecular flexibility index (Phi) is 5.86. The van der Waals surface area contributed by atoms with Crippen molar-refractivity contribution < 1.29 is 0 Å². The highest BCUT2D eigenvalue weighted by molar-refractivity contribution is 9.10. The van der Waals surface area contributed by atoms with Gasteiger partial charge in [0, 0.05) is 16.2 Å². The van der Waals surface area contributed by atoms with Crippen LogP contribution in [-0.4, -0.2) is 0 Å². The first-order chi connectivity index (χ1) is 10.1. The normalized spacial score (nSPS) is 12.2. The standard InChI is InChI=1S/C19H24BrN/c1-4-6-15-7-9-17(10-8-15)14(3)21-19-12-11-18(20)13-16(19)5-2/h7-14,21H,4-6H2,1-3H3. The van der Waals surface area contributed by atoms with Gasteiger partial charge < -0.3 is 5.32 Å². The van der Waals surface area contributed by atoms with Gasteiger partial charge in [0.2, 0.25) is 0 Å². The number of nitrogens with one attached hydrogen (secondary N) is 1. The molecule has 0 saturated carbocycles. The molecule has 2 rings (SSSR count). The second-order valence-electron chi connectivity index (χ2n) is 5.51. The van der Waals surface area contributed by atoms with Gasteiger partial charge in [-0.2, -0.15) is 0 Å². The molecule has 2 heteroatoms. The predicted octanol–water partition coefficient (Wildman–Crippen LogP) is 6.14. The second-order valence-corrected chi connectivity index (χ2v) is 6.43. The number of hydrogen-bond acceptors (Lipinski definition) is 1. The van der Waals surface area contributed by atoms with Crippen LogP contribution in [0.2, 0.25) is 0 Å². The Balaban J connectivity index is 2.12. The van der Waals surface area contributed by atoms with Crippen LogP contribution >= 0.6 is 15.9 Å². The van der Waals surface area contributed by atoms with Gasteiger partial charge in [0.15, 0.2) is 0 Å². The van der Waals surface area contributed by atoms with E-state index in [1.54, 1.807) is 0 Å². The van der Waals surface area contributed by atoms with E-state index in [9.17, 15) is 0 Å². The number of benzene rings is 2. The summed E-state index contributed by atoms with van der Waals surface area (Å²) in [5.74, 6) is 0. The van der Waals surface area contributed by atoms with E-state index in [1.165, 1.54) is 28.8 Å². The van der Waals surface area contributed by atoms with E-state index in [4.69, 9.17) is 0 Å². The summed E-state index contributed by atoms with van der Waals surface area (Å²) in [6.07, 6.45) is 3.39. The molecule has 2 aromatic carbocycles. The summed E-state index contributed by atoms with van der Waals surface area (Å²) in [7, 11) is 0. The quantitative estimate of drug-likeness (QED) is 0.663. The Morgan fingerprint density at radius 3 is 2.38 bits per heavy atom. The minimum absolute atomic E-state index is 0.312. The fraction of sp³-hybridized carbons (Fsp3) is 0.368. The van der Waals surface area contributed by atoms with Crippen molar-refractivity contribution in [3.8, 4) is 0 Å². The smallest absolute Gasteiger partial charge is 0.0485 e. The fourth-order valence-corrected chi connectivity index (χ4v) is 2.98. The van der Waals surface area contributed by atoms with Gasteiger partial charge in [-0.15, -0.1) is 0 Å². The van der Waals surface area contributed by atoms with Crippen molar-refractivity contribution in [1.82, 2.24) is 0 Å². The van der Waals surface area contributed by atoms with E-state index in [-0.39, 0.29) is 0 Å². The molecule has 0 saturated heterocycles. The summed E-state index contributed by atoms with van der Waals surface area (Å²) in [4.78, 5) is 0. The van der Waals surface area contributed by atoms with E-state index in [0.717, 1.165) is 17.3 Å². The van der Waals surface area contributed by atoms with Crippen LogP contribution in [0, 0.1) is 0 Å². The van der Waals surface area contributed by atoms with E-state index in [1.807, 2.05) is 0 Å². The molecule has 1 unspecified atom stereocenters. The summed E-state index contributed by atoms with van der Waals surface area (Å²) in [6.45, 7) is 6.63. The van der Waals surface area contributed by atoms with Crippen LogP contribution in [0.25, 0.3) is 0 Å². The number of aryl methyl sites for hydroxylation is 2. The highest BCUT2D eigenvalue weighted by Crippen LogP contribution is 2.26. The van der Waals surface area contributed by atoms with Crippen molar-refractivity contribution >= 4 is 21.6 Å². The zero-order valence-electron chi connectivity index (χ0n) is 13.1. The minimum atomic E-state index is 0.312. The van der Waals surface area contributed by atoms with Crippen LogP contribution in [0.1, 0.15) is 49.9 Å². The monoisotopic (exact) mass is 345 g/mol. The molecular weight excluding hydrogens is 322 g/mol. The van der Waals surface area contributed by atoms with Gasteiger partial charge in [0.25, 0.3) is 0 Å². The van der Waals surface area contributed by atoms with Crippen LogP contribution in [0.3, 0.4) is 0 Å². The van der Waals surface area contributed by atoms with Crippen molar-refractivity contribution in [3.63, 3.8) is 0 Å². The van der Waals surface area contributed by atoms with Crippen molar-refractivity contribution in [3.05, 3.63) is 63.6 Å². The molecule has 0 amide bonds. The lowest BCUT2D eigenvalue weighted by Gasteiger charge is -2.19. The van der Waals surface area contributed by atoms with Gasteiger partial charge in [-0.3, -0.25) is 0 Å². The van der Waals surface area contributed by atoms with Crippen LogP contribution in [-0.2, 0) is 12.8 Å². The van der Waals surface area contributed by atoms with Gasteiger partial charge in [0.05, 0.1) is 0 Å². The first-order valence-corrected chi connectivity index (χ1v) is 8.57. The molecule has 0 radical (unpaired) electrons. The van der Waals surface area contributed by atoms with Gasteiger partial charge in [-0.05, 0) is 54.7 Å². The maximum absolute atomic E-state index is 3.64. The largest absolute Gasteiger partial charge is 0.378 e. The third kappa shape index (κ3) is 4.34. The molecule has 1 N–H and O–H groups in total. The lowest BCUT2D eigenvalue weighted by molar-refractivity contribution is 0.872. The first kappa shape index (κ1) is 16.1. The number of anilines is 1. The average Bonchev–Trinajstić information content (AvgIpc) is 2.50. The molecule has 0 aliphatic heterocycles. The predicted molar refractivity (Wildman–Crippen MR) is 96.0 cm³/mol. The van der Waals surface area contributed by atoms with Crippen molar-refractivity contribution in [1.29, 1.82) is 0 Å². The van der Waals surface area contributed by atoms with Crippen molar-refractivity contribution in [2.24, 2.45) is 0 Å². The molecule has 0 fully saturated rings. The Labute approximate surface area is 136 Å². The molecule has 0 aliphatic rings. The zero-order chi connectivity index (χ0) is 15.2. The Morgan fingerprint density at radius 2 is 1.76 bits per heavy atom. The molecule has 0 bridgehead atoms. The highest BCUT2D eigenvalue weighted by atomic mass is 79.9. The third-order valence-electron chi connectivity index (χ3n) is 3.84. The Bertz CT molecular complexity index is 575. The maximum Gasteiger partial charge on any atom is 0.0485 e. The lowest BCUT2D eigenvalue weighted by atomic mass is 10.0. The molecule has 0 heterocycles. The third-order valence-corrected chi connectivity index (χ3v) is 4.33. The van der Waals surface area contributed by atoms with Gasteiger partial charge in [-0.1, -0.05) is 60.5 Å². The highest BCUT2D eigenvalue weighted by Gasteiger charge is 2.08. The number of hydrogen-bond donors (Lipinski definition) is 1. The number of rotatable bonds is 6. The molecule has 1 atom stereocenters. The molecule has 2 aromatic rings.